The number of benzene rings is 2. The molecular formula is C19H13N3O3S. The van der Waals surface area contributed by atoms with E-state index in [1.54, 1.807) is 24.3 Å². The smallest absolute Gasteiger partial charge is 0.359 e. The van der Waals surface area contributed by atoms with Crippen molar-refractivity contribution < 1.29 is 9.53 Å². The molecule has 1 N–H and O–H groups in total. The average molecular weight is 363 g/mol. The van der Waals surface area contributed by atoms with Gasteiger partial charge in [0.2, 0.25) is 0 Å². The molecule has 0 radical (unpaired) electrons. The molecule has 0 aliphatic rings. The Kier molecular flexibility index (Phi) is 4.28. The Morgan fingerprint density at radius 1 is 1.04 bits per heavy atom. The number of esters is 1. The van der Waals surface area contributed by atoms with E-state index < -0.39 is 5.97 Å². The van der Waals surface area contributed by atoms with Crippen LogP contribution in [-0.4, -0.2) is 21.2 Å². The Morgan fingerprint density at radius 3 is 2.58 bits per heavy atom. The zero-order valence-electron chi connectivity index (χ0n) is 13.5. The maximum Gasteiger partial charge on any atom is 0.359 e. The van der Waals surface area contributed by atoms with Gasteiger partial charge < -0.3 is 4.74 Å². The molecular weight excluding hydrogens is 350 g/mol. The maximum atomic E-state index is 12.4. The summed E-state index contributed by atoms with van der Waals surface area (Å²) in [7, 11) is 0. The van der Waals surface area contributed by atoms with E-state index in [0.29, 0.717) is 16.5 Å². The van der Waals surface area contributed by atoms with Gasteiger partial charge in [-0.05, 0) is 6.07 Å². The van der Waals surface area contributed by atoms with Crippen molar-refractivity contribution in [2.45, 2.75) is 6.61 Å². The maximum absolute atomic E-state index is 12.4. The third-order valence-corrected chi connectivity index (χ3v) is 4.75. The molecule has 2 aromatic carbocycles. The molecule has 0 fully saturated rings. The standard InChI is InChI=1S/C19H13N3O3S/c23-17-15-9-5-4-8-14(15)16(21-22-17)19(24)25-10-13-11-26-18(20-13)12-6-2-1-3-7-12/h1-9,11H,10H2,(H,22,23). The van der Waals surface area contributed by atoms with E-state index >= 15 is 0 Å². The van der Waals surface area contributed by atoms with Crippen LogP contribution < -0.4 is 5.56 Å². The molecule has 0 bridgehead atoms. The van der Waals surface area contributed by atoms with Crippen LogP contribution in [0.2, 0.25) is 0 Å². The molecule has 2 aromatic heterocycles. The predicted molar refractivity (Wildman–Crippen MR) is 99.0 cm³/mol. The first-order chi connectivity index (χ1) is 12.7. The molecule has 0 saturated carbocycles. The van der Waals surface area contributed by atoms with Gasteiger partial charge >= 0.3 is 5.97 Å². The van der Waals surface area contributed by atoms with Crippen molar-refractivity contribution >= 4 is 28.1 Å². The van der Waals surface area contributed by atoms with Gasteiger partial charge in [-0.25, -0.2) is 14.9 Å². The Bertz CT molecular complexity index is 1140. The summed E-state index contributed by atoms with van der Waals surface area (Å²) in [6, 6.07) is 16.6. The fraction of sp³-hybridized carbons (Fsp3) is 0.0526. The van der Waals surface area contributed by atoms with Crippen molar-refractivity contribution in [3.8, 4) is 10.6 Å². The molecule has 0 aliphatic carbocycles. The third-order valence-electron chi connectivity index (χ3n) is 3.81. The number of thiazole rings is 1. The van der Waals surface area contributed by atoms with Gasteiger partial charge in [0.1, 0.15) is 11.6 Å². The van der Waals surface area contributed by atoms with Gasteiger partial charge in [-0.3, -0.25) is 4.79 Å². The number of carbonyl (C=O) groups excluding carboxylic acids is 1. The lowest BCUT2D eigenvalue weighted by molar-refractivity contribution is 0.0462. The van der Waals surface area contributed by atoms with Crippen molar-refractivity contribution in [2.75, 3.05) is 0 Å². The number of hydrogen-bond donors (Lipinski definition) is 1. The van der Waals surface area contributed by atoms with E-state index in [0.717, 1.165) is 10.6 Å². The Labute approximate surface area is 152 Å². The van der Waals surface area contributed by atoms with Gasteiger partial charge in [0, 0.05) is 16.3 Å². The second-order valence-electron chi connectivity index (χ2n) is 5.53. The summed E-state index contributed by atoms with van der Waals surface area (Å²) in [4.78, 5) is 28.7. The van der Waals surface area contributed by atoms with Gasteiger partial charge in [0.15, 0.2) is 5.69 Å². The lowest BCUT2D eigenvalue weighted by Crippen LogP contribution is -2.16. The van der Waals surface area contributed by atoms with Crippen LogP contribution in [0.4, 0.5) is 0 Å². The Hall–Kier alpha value is -3.32. The summed E-state index contributed by atoms with van der Waals surface area (Å²) in [5.41, 5.74) is 1.42. The summed E-state index contributed by atoms with van der Waals surface area (Å²) in [6.07, 6.45) is 0. The number of hydrogen-bond acceptors (Lipinski definition) is 6. The fourth-order valence-corrected chi connectivity index (χ4v) is 3.38. The number of carbonyl (C=O) groups is 1. The van der Waals surface area contributed by atoms with E-state index in [9.17, 15) is 9.59 Å². The summed E-state index contributed by atoms with van der Waals surface area (Å²) >= 11 is 1.49. The van der Waals surface area contributed by atoms with Gasteiger partial charge in [0.05, 0.1) is 11.1 Å². The highest BCUT2D eigenvalue weighted by Gasteiger charge is 2.16. The van der Waals surface area contributed by atoms with Crippen molar-refractivity contribution in [3.05, 3.63) is 81.7 Å². The summed E-state index contributed by atoms with van der Waals surface area (Å²) in [5, 5.41) is 9.75. The van der Waals surface area contributed by atoms with Gasteiger partial charge in [-0.2, -0.15) is 5.10 Å². The molecule has 4 aromatic rings. The first-order valence-corrected chi connectivity index (χ1v) is 8.75. The van der Waals surface area contributed by atoms with E-state index in [4.69, 9.17) is 4.74 Å². The molecule has 26 heavy (non-hydrogen) atoms. The second kappa shape index (κ2) is 6.89. The normalized spacial score (nSPS) is 10.8. The van der Waals surface area contributed by atoms with Crippen molar-refractivity contribution in [1.29, 1.82) is 0 Å². The lowest BCUT2D eigenvalue weighted by Gasteiger charge is -2.05. The van der Waals surface area contributed by atoms with Crippen LogP contribution in [-0.2, 0) is 11.3 Å². The van der Waals surface area contributed by atoms with Crippen LogP contribution in [0.5, 0.6) is 0 Å². The minimum Gasteiger partial charge on any atom is -0.454 e. The van der Waals surface area contributed by atoms with E-state index in [2.05, 4.69) is 15.2 Å². The highest BCUT2D eigenvalue weighted by atomic mass is 32.1. The van der Waals surface area contributed by atoms with E-state index in [1.807, 2.05) is 35.7 Å². The third kappa shape index (κ3) is 3.12. The lowest BCUT2D eigenvalue weighted by atomic mass is 10.1. The molecule has 7 heteroatoms. The van der Waals surface area contributed by atoms with Crippen LogP contribution in [0.1, 0.15) is 16.2 Å². The van der Waals surface area contributed by atoms with Gasteiger partial charge in [-0.15, -0.1) is 11.3 Å². The first kappa shape index (κ1) is 16.2. The van der Waals surface area contributed by atoms with Crippen molar-refractivity contribution in [1.82, 2.24) is 15.2 Å². The van der Waals surface area contributed by atoms with Crippen LogP contribution in [0.15, 0.2) is 64.8 Å². The van der Waals surface area contributed by atoms with E-state index in [-0.39, 0.29) is 17.9 Å². The number of rotatable bonds is 4. The molecule has 0 aliphatic heterocycles. The number of fused-ring (bicyclic) bond motifs is 1. The minimum atomic E-state index is -0.605. The molecule has 0 saturated heterocycles. The molecule has 6 nitrogen and oxygen atoms in total. The zero-order chi connectivity index (χ0) is 17.9. The largest absolute Gasteiger partial charge is 0.454 e. The van der Waals surface area contributed by atoms with Gasteiger partial charge in [0.25, 0.3) is 5.56 Å². The quantitative estimate of drug-likeness (QED) is 0.562. The van der Waals surface area contributed by atoms with Crippen LogP contribution in [0, 0.1) is 0 Å². The molecule has 0 atom stereocenters. The Balaban J connectivity index is 1.53. The zero-order valence-corrected chi connectivity index (χ0v) is 14.3. The highest BCUT2D eigenvalue weighted by Crippen LogP contribution is 2.23. The highest BCUT2D eigenvalue weighted by molar-refractivity contribution is 7.13. The SMILES string of the molecule is O=C(OCc1csc(-c2ccccc2)n1)c1n[nH]c(=O)c2ccccc12. The van der Waals surface area contributed by atoms with Crippen LogP contribution >= 0.6 is 11.3 Å². The summed E-state index contributed by atoms with van der Waals surface area (Å²) < 4.78 is 5.33. The topological polar surface area (TPSA) is 84.9 Å². The second-order valence-corrected chi connectivity index (χ2v) is 6.39. The number of aromatic nitrogens is 3. The molecule has 4 rings (SSSR count). The minimum absolute atomic E-state index is 0.0390. The van der Waals surface area contributed by atoms with Crippen LogP contribution in [0.25, 0.3) is 21.3 Å². The summed E-state index contributed by atoms with van der Waals surface area (Å²) in [6.45, 7) is 0.0390. The fourth-order valence-electron chi connectivity index (χ4n) is 2.56. The number of aromatic amines is 1. The Morgan fingerprint density at radius 2 is 1.77 bits per heavy atom. The van der Waals surface area contributed by atoms with Crippen molar-refractivity contribution in [2.24, 2.45) is 0 Å². The number of ether oxygens (including phenoxy) is 1. The monoisotopic (exact) mass is 363 g/mol. The average Bonchev–Trinajstić information content (AvgIpc) is 3.16. The molecule has 0 amide bonds. The molecule has 2 heterocycles. The van der Waals surface area contributed by atoms with Crippen molar-refractivity contribution in [3.63, 3.8) is 0 Å². The summed E-state index contributed by atoms with van der Waals surface area (Å²) in [5.74, 6) is -0.605. The predicted octanol–water partition coefficient (Wildman–Crippen LogP) is 3.40. The number of nitrogens with zero attached hydrogens (tertiary/aromatic N) is 2. The van der Waals surface area contributed by atoms with Crippen LogP contribution in [0.3, 0.4) is 0 Å². The van der Waals surface area contributed by atoms with Gasteiger partial charge in [-0.1, -0.05) is 48.5 Å². The number of H-pyrrole nitrogens is 1. The first-order valence-electron chi connectivity index (χ1n) is 7.87. The molecule has 0 spiro atoms. The molecule has 128 valence electrons. The number of nitrogens with one attached hydrogen (secondary N) is 1. The molecule has 0 unspecified atom stereocenters. The van der Waals surface area contributed by atoms with E-state index in [1.165, 1.54) is 11.3 Å².